The van der Waals surface area contributed by atoms with Crippen molar-refractivity contribution < 1.29 is 18.0 Å². The molecule has 0 saturated heterocycles. The molecule has 7 nitrogen and oxygen atoms in total. The fraction of sp³-hybridized carbons (Fsp3) is 0.375. The second kappa shape index (κ2) is 14.7. The highest BCUT2D eigenvalue weighted by Crippen LogP contribution is 2.23. The number of amides is 2. The Morgan fingerprint density at radius 1 is 0.850 bits per heavy atom. The van der Waals surface area contributed by atoms with Crippen LogP contribution < -0.4 is 9.62 Å². The summed E-state index contributed by atoms with van der Waals surface area (Å²) in [5, 5.41) is 2.99. The molecule has 1 unspecified atom stereocenters. The topological polar surface area (TPSA) is 86.8 Å². The van der Waals surface area contributed by atoms with E-state index in [0.29, 0.717) is 18.7 Å². The van der Waals surface area contributed by atoms with Crippen LogP contribution in [0.5, 0.6) is 0 Å². The summed E-state index contributed by atoms with van der Waals surface area (Å²) in [5.74, 6) is -0.420. The van der Waals surface area contributed by atoms with E-state index in [2.05, 4.69) is 19.2 Å². The number of nitrogens with one attached hydrogen (secondary N) is 1. The summed E-state index contributed by atoms with van der Waals surface area (Å²) in [6, 6.07) is 25.4. The molecular formula is C32H41N3O4S. The molecule has 0 fully saturated rings. The molecule has 40 heavy (non-hydrogen) atoms. The highest BCUT2D eigenvalue weighted by molar-refractivity contribution is 7.92. The standard InChI is InChI=1S/C32H41N3O4S/c1-5-6-21-33-32(37)30(22-26-13-9-7-10-14-26)34(23-27-15-11-8-12-16-27)31(36)24-35(40(4,38)39)29-19-17-28(18-20-29)25(2)3/h7-20,25,30H,5-6,21-24H2,1-4H3,(H,33,37). The fourth-order valence-electron chi connectivity index (χ4n) is 4.48. The normalized spacial score (nSPS) is 12.1. The molecule has 214 valence electrons. The Morgan fingerprint density at radius 2 is 1.43 bits per heavy atom. The Morgan fingerprint density at radius 3 is 1.95 bits per heavy atom. The zero-order valence-corrected chi connectivity index (χ0v) is 24.7. The maximum absolute atomic E-state index is 14.1. The summed E-state index contributed by atoms with van der Waals surface area (Å²) < 4.78 is 26.9. The minimum Gasteiger partial charge on any atom is -0.354 e. The molecule has 0 aliphatic carbocycles. The van der Waals surface area contributed by atoms with Gasteiger partial charge in [0.2, 0.25) is 21.8 Å². The molecule has 0 saturated carbocycles. The summed E-state index contributed by atoms with van der Waals surface area (Å²) in [6.45, 7) is 6.43. The molecule has 1 N–H and O–H groups in total. The number of hydrogen-bond acceptors (Lipinski definition) is 4. The SMILES string of the molecule is CCCCNC(=O)C(Cc1ccccc1)N(Cc1ccccc1)C(=O)CN(c1ccc(C(C)C)cc1)S(C)(=O)=O. The number of nitrogens with zero attached hydrogens (tertiary/aromatic N) is 2. The van der Waals surface area contributed by atoms with Crippen LogP contribution in [0.4, 0.5) is 5.69 Å². The van der Waals surface area contributed by atoms with E-state index in [-0.39, 0.29) is 18.4 Å². The predicted octanol–water partition coefficient (Wildman–Crippen LogP) is 5.13. The van der Waals surface area contributed by atoms with E-state index in [9.17, 15) is 18.0 Å². The number of unbranched alkanes of at least 4 members (excludes halogenated alkanes) is 1. The first kappa shape index (κ1) is 30.9. The van der Waals surface area contributed by atoms with Crippen LogP contribution >= 0.6 is 0 Å². The molecule has 1 atom stereocenters. The molecule has 0 spiro atoms. The van der Waals surface area contributed by atoms with Crippen LogP contribution in [-0.4, -0.2) is 50.5 Å². The third kappa shape index (κ3) is 8.95. The van der Waals surface area contributed by atoms with Gasteiger partial charge < -0.3 is 10.2 Å². The van der Waals surface area contributed by atoms with E-state index in [0.717, 1.165) is 40.1 Å². The summed E-state index contributed by atoms with van der Waals surface area (Å²) in [4.78, 5) is 29.2. The third-order valence-electron chi connectivity index (χ3n) is 6.82. The van der Waals surface area contributed by atoms with Gasteiger partial charge in [-0.2, -0.15) is 0 Å². The van der Waals surface area contributed by atoms with Crippen molar-refractivity contribution in [1.29, 1.82) is 0 Å². The predicted molar refractivity (Wildman–Crippen MR) is 162 cm³/mol. The largest absolute Gasteiger partial charge is 0.354 e. The Hall–Kier alpha value is -3.65. The van der Waals surface area contributed by atoms with Gasteiger partial charge >= 0.3 is 0 Å². The molecule has 0 radical (unpaired) electrons. The molecule has 0 aliphatic rings. The Bertz CT molecular complexity index is 1330. The first-order chi connectivity index (χ1) is 19.1. The van der Waals surface area contributed by atoms with E-state index in [1.54, 1.807) is 12.1 Å². The molecule has 3 aromatic carbocycles. The minimum absolute atomic E-state index is 0.169. The van der Waals surface area contributed by atoms with Crippen LogP contribution in [-0.2, 0) is 32.6 Å². The second-order valence-electron chi connectivity index (χ2n) is 10.4. The van der Waals surface area contributed by atoms with Gasteiger partial charge in [-0.3, -0.25) is 13.9 Å². The summed E-state index contributed by atoms with van der Waals surface area (Å²) in [7, 11) is -3.79. The molecule has 3 aromatic rings. The van der Waals surface area contributed by atoms with Gasteiger partial charge in [0.1, 0.15) is 12.6 Å². The van der Waals surface area contributed by atoms with Gasteiger partial charge in [-0.25, -0.2) is 8.42 Å². The van der Waals surface area contributed by atoms with Gasteiger partial charge in [0.05, 0.1) is 11.9 Å². The molecule has 3 rings (SSSR count). The smallest absolute Gasteiger partial charge is 0.244 e. The number of rotatable bonds is 14. The van der Waals surface area contributed by atoms with Crippen molar-refractivity contribution in [2.24, 2.45) is 0 Å². The lowest BCUT2D eigenvalue weighted by atomic mass is 10.0. The maximum Gasteiger partial charge on any atom is 0.244 e. The van der Waals surface area contributed by atoms with Crippen molar-refractivity contribution in [3.63, 3.8) is 0 Å². The number of sulfonamides is 1. The average Bonchev–Trinajstić information content (AvgIpc) is 2.94. The van der Waals surface area contributed by atoms with Gasteiger partial charge in [-0.05, 0) is 41.2 Å². The first-order valence-electron chi connectivity index (χ1n) is 13.8. The van der Waals surface area contributed by atoms with Crippen molar-refractivity contribution in [1.82, 2.24) is 10.2 Å². The van der Waals surface area contributed by atoms with Crippen molar-refractivity contribution >= 4 is 27.5 Å². The van der Waals surface area contributed by atoms with Crippen LogP contribution in [0.3, 0.4) is 0 Å². The number of carbonyl (C=O) groups is 2. The average molecular weight is 564 g/mol. The third-order valence-corrected chi connectivity index (χ3v) is 7.96. The second-order valence-corrected chi connectivity index (χ2v) is 12.3. The van der Waals surface area contributed by atoms with Gasteiger partial charge in [-0.1, -0.05) is 100.0 Å². The van der Waals surface area contributed by atoms with E-state index in [1.807, 2.05) is 79.7 Å². The summed E-state index contributed by atoms with van der Waals surface area (Å²) >= 11 is 0. The summed E-state index contributed by atoms with van der Waals surface area (Å²) in [5.41, 5.74) is 3.24. The zero-order chi connectivity index (χ0) is 29.1. The molecular weight excluding hydrogens is 522 g/mol. The van der Waals surface area contributed by atoms with Gasteiger partial charge in [0.25, 0.3) is 0 Å². The molecule has 0 aliphatic heterocycles. The fourth-order valence-corrected chi connectivity index (χ4v) is 5.33. The van der Waals surface area contributed by atoms with Crippen LogP contribution in [0.15, 0.2) is 84.9 Å². The quantitative estimate of drug-likeness (QED) is 0.276. The lowest BCUT2D eigenvalue weighted by molar-refractivity contribution is -0.140. The van der Waals surface area contributed by atoms with Gasteiger partial charge in [0.15, 0.2) is 0 Å². The van der Waals surface area contributed by atoms with Crippen molar-refractivity contribution in [3.8, 4) is 0 Å². The number of hydrogen-bond donors (Lipinski definition) is 1. The van der Waals surface area contributed by atoms with Gasteiger partial charge in [0, 0.05) is 19.5 Å². The van der Waals surface area contributed by atoms with Crippen LogP contribution in [0.25, 0.3) is 0 Å². The van der Waals surface area contributed by atoms with Crippen molar-refractivity contribution in [2.45, 2.75) is 58.5 Å². The molecule has 0 aromatic heterocycles. The van der Waals surface area contributed by atoms with Crippen LogP contribution in [0.1, 0.15) is 56.2 Å². The lowest BCUT2D eigenvalue weighted by Gasteiger charge is -2.33. The highest BCUT2D eigenvalue weighted by Gasteiger charge is 2.33. The van der Waals surface area contributed by atoms with Crippen molar-refractivity contribution in [3.05, 3.63) is 102 Å². The Kier molecular flexibility index (Phi) is 11.3. The molecule has 2 amide bonds. The van der Waals surface area contributed by atoms with Crippen LogP contribution in [0.2, 0.25) is 0 Å². The van der Waals surface area contributed by atoms with E-state index in [4.69, 9.17) is 0 Å². The zero-order valence-electron chi connectivity index (χ0n) is 23.9. The van der Waals surface area contributed by atoms with Gasteiger partial charge in [-0.15, -0.1) is 0 Å². The maximum atomic E-state index is 14.1. The van der Waals surface area contributed by atoms with E-state index >= 15 is 0 Å². The number of anilines is 1. The van der Waals surface area contributed by atoms with E-state index < -0.39 is 28.5 Å². The van der Waals surface area contributed by atoms with Crippen molar-refractivity contribution in [2.75, 3.05) is 23.7 Å². The highest BCUT2D eigenvalue weighted by atomic mass is 32.2. The minimum atomic E-state index is -3.79. The molecule has 8 heteroatoms. The Labute approximate surface area is 239 Å². The molecule has 0 heterocycles. The van der Waals surface area contributed by atoms with Crippen LogP contribution in [0, 0.1) is 0 Å². The first-order valence-corrected chi connectivity index (χ1v) is 15.7. The number of carbonyl (C=O) groups excluding carboxylic acids is 2. The summed E-state index contributed by atoms with van der Waals surface area (Å²) in [6.07, 6.45) is 3.15. The Balaban J connectivity index is 2.00. The number of benzene rings is 3. The molecule has 0 bridgehead atoms. The monoisotopic (exact) mass is 563 g/mol. The van der Waals surface area contributed by atoms with E-state index in [1.165, 1.54) is 4.90 Å². The lowest BCUT2D eigenvalue weighted by Crippen LogP contribution is -2.53.